The Hall–Kier alpha value is -2.15. The second kappa shape index (κ2) is 8.49. The van der Waals surface area contributed by atoms with E-state index in [0.29, 0.717) is 35.1 Å². The third-order valence-corrected chi connectivity index (χ3v) is 5.16. The largest absolute Gasteiger partial charge is 0.492 e. The molecule has 0 saturated heterocycles. The summed E-state index contributed by atoms with van der Waals surface area (Å²) in [6.07, 6.45) is 0. The summed E-state index contributed by atoms with van der Waals surface area (Å²) in [5.41, 5.74) is 1.30. The zero-order chi connectivity index (χ0) is 18.5. The van der Waals surface area contributed by atoms with Gasteiger partial charge in [0.05, 0.1) is 28.5 Å². The lowest BCUT2D eigenvalue weighted by molar-refractivity contribution is 0.0997. The monoisotopic (exact) mass is 390 g/mol. The first-order chi connectivity index (χ1) is 12.7. The van der Waals surface area contributed by atoms with Gasteiger partial charge in [0.1, 0.15) is 11.3 Å². The molecule has 0 bridgehead atoms. The minimum atomic E-state index is -0.369. The van der Waals surface area contributed by atoms with Crippen molar-refractivity contribution in [3.8, 4) is 5.75 Å². The number of carbonyl (C=O) groups excluding carboxylic acids is 1. The molecule has 0 unspecified atom stereocenters. The second-order valence-corrected chi connectivity index (χ2v) is 6.88. The lowest BCUT2D eigenvalue weighted by atomic mass is 10.2. The summed E-state index contributed by atoms with van der Waals surface area (Å²) >= 11 is 7.57. The van der Waals surface area contributed by atoms with Crippen LogP contribution in [-0.2, 0) is 11.3 Å². The Morgan fingerprint density at radius 2 is 2.04 bits per heavy atom. The van der Waals surface area contributed by atoms with E-state index in [9.17, 15) is 4.79 Å². The van der Waals surface area contributed by atoms with Gasteiger partial charge in [0.2, 0.25) is 0 Å². The lowest BCUT2D eigenvalue weighted by Crippen LogP contribution is -2.19. The predicted octanol–water partition coefficient (Wildman–Crippen LogP) is 4.14. The van der Waals surface area contributed by atoms with Crippen molar-refractivity contribution in [1.82, 2.24) is 4.57 Å². The van der Waals surface area contributed by atoms with E-state index in [0.717, 1.165) is 16.0 Å². The van der Waals surface area contributed by atoms with Crippen molar-refractivity contribution in [2.75, 3.05) is 20.3 Å². The Balaban J connectivity index is 2.17. The van der Waals surface area contributed by atoms with Crippen LogP contribution >= 0.6 is 22.9 Å². The van der Waals surface area contributed by atoms with Crippen LogP contribution in [0.15, 0.2) is 47.5 Å². The number of halogens is 1. The molecule has 1 heterocycles. The van der Waals surface area contributed by atoms with Gasteiger partial charge in [-0.3, -0.25) is 4.79 Å². The third-order valence-electron chi connectivity index (χ3n) is 3.78. The van der Waals surface area contributed by atoms with Gasteiger partial charge in [-0.15, -0.1) is 0 Å². The number of benzene rings is 2. The van der Waals surface area contributed by atoms with Gasteiger partial charge < -0.3 is 14.0 Å². The molecule has 5 nitrogen and oxygen atoms in total. The Kier molecular flexibility index (Phi) is 6.08. The standard InChI is InChI=1S/C19H19ClN2O3S/c1-3-25-15-9-6-10-16-17(15)22(11-12-24-2)19(26-16)21-18(23)13-7-4-5-8-14(13)20/h4-10H,3,11-12H2,1-2H3. The van der Waals surface area contributed by atoms with Gasteiger partial charge in [0.15, 0.2) is 4.80 Å². The van der Waals surface area contributed by atoms with E-state index in [1.54, 1.807) is 31.4 Å². The Bertz CT molecular complexity index is 994. The summed E-state index contributed by atoms with van der Waals surface area (Å²) in [5.74, 6) is 0.398. The van der Waals surface area contributed by atoms with Gasteiger partial charge in [0.25, 0.3) is 5.91 Å². The summed E-state index contributed by atoms with van der Waals surface area (Å²) < 4.78 is 13.9. The molecule has 3 aromatic rings. The molecular formula is C19H19ClN2O3S. The maximum absolute atomic E-state index is 12.6. The lowest BCUT2D eigenvalue weighted by Gasteiger charge is -2.09. The van der Waals surface area contributed by atoms with E-state index in [1.807, 2.05) is 29.7 Å². The van der Waals surface area contributed by atoms with E-state index in [1.165, 1.54) is 11.3 Å². The van der Waals surface area contributed by atoms with Crippen molar-refractivity contribution in [2.45, 2.75) is 13.5 Å². The number of fused-ring (bicyclic) bond motifs is 1. The zero-order valence-electron chi connectivity index (χ0n) is 14.6. The maximum atomic E-state index is 12.6. The van der Waals surface area contributed by atoms with Gasteiger partial charge >= 0.3 is 0 Å². The van der Waals surface area contributed by atoms with Crippen LogP contribution in [0.3, 0.4) is 0 Å². The van der Waals surface area contributed by atoms with Crippen LogP contribution in [-0.4, -0.2) is 30.8 Å². The maximum Gasteiger partial charge on any atom is 0.281 e. The van der Waals surface area contributed by atoms with Crippen molar-refractivity contribution in [1.29, 1.82) is 0 Å². The number of para-hydroxylation sites is 1. The van der Waals surface area contributed by atoms with E-state index in [4.69, 9.17) is 21.1 Å². The molecule has 0 fully saturated rings. The van der Waals surface area contributed by atoms with Crippen molar-refractivity contribution < 1.29 is 14.3 Å². The first kappa shape index (κ1) is 18.6. The molecule has 0 radical (unpaired) electrons. The molecule has 1 amide bonds. The van der Waals surface area contributed by atoms with E-state index >= 15 is 0 Å². The van der Waals surface area contributed by atoms with E-state index in [-0.39, 0.29) is 5.91 Å². The number of ether oxygens (including phenoxy) is 2. The summed E-state index contributed by atoms with van der Waals surface area (Å²) in [7, 11) is 1.64. The highest BCUT2D eigenvalue weighted by molar-refractivity contribution is 7.16. The highest BCUT2D eigenvalue weighted by Gasteiger charge is 2.14. The van der Waals surface area contributed by atoms with E-state index < -0.39 is 0 Å². The molecule has 0 saturated carbocycles. The molecule has 0 spiro atoms. The smallest absolute Gasteiger partial charge is 0.281 e. The first-order valence-corrected chi connectivity index (χ1v) is 9.42. The quantitative estimate of drug-likeness (QED) is 0.635. The Morgan fingerprint density at radius 3 is 2.77 bits per heavy atom. The summed E-state index contributed by atoms with van der Waals surface area (Å²) in [6.45, 7) is 3.57. The fourth-order valence-corrected chi connectivity index (χ4v) is 3.92. The molecule has 136 valence electrons. The summed E-state index contributed by atoms with van der Waals surface area (Å²) in [5, 5.41) is 0.390. The fourth-order valence-electron chi connectivity index (χ4n) is 2.63. The molecule has 7 heteroatoms. The molecular weight excluding hydrogens is 372 g/mol. The van der Waals surface area contributed by atoms with Crippen molar-refractivity contribution in [3.63, 3.8) is 0 Å². The molecule has 26 heavy (non-hydrogen) atoms. The number of hydrogen-bond acceptors (Lipinski definition) is 4. The van der Waals surface area contributed by atoms with Gasteiger partial charge in [0, 0.05) is 13.7 Å². The predicted molar refractivity (Wildman–Crippen MR) is 104 cm³/mol. The van der Waals surface area contributed by atoms with Crippen molar-refractivity contribution >= 4 is 39.1 Å². The number of rotatable bonds is 6. The van der Waals surface area contributed by atoms with Crippen LogP contribution in [0.5, 0.6) is 5.75 Å². The Morgan fingerprint density at radius 1 is 1.23 bits per heavy atom. The molecule has 1 aromatic heterocycles. The summed E-state index contributed by atoms with van der Waals surface area (Å²) in [6, 6.07) is 12.8. The van der Waals surface area contributed by atoms with Crippen molar-refractivity contribution in [3.05, 3.63) is 57.9 Å². The van der Waals surface area contributed by atoms with Gasteiger partial charge in [-0.25, -0.2) is 0 Å². The number of methoxy groups -OCH3 is 1. The molecule has 0 N–H and O–H groups in total. The number of nitrogens with zero attached hydrogens (tertiary/aromatic N) is 2. The minimum absolute atomic E-state index is 0.369. The fraction of sp³-hybridized carbons (Fsp3) is 0.263. The average Bonchev–Trinajstić information content (AvgIpc) is 2.98. The second-order valence-electron chi connectivity index (χ2n) is 5.46. The normalized spacial score (nSPS) is 11.9. The van der Waals surface area contributed by atoms with Crippen LogP contribution in [0.2, 0.25) is 5.02 Å². The number of carbonyl (C=O) groups is 1. The SMILES string of the molecule is CCOc1cccc2sc(=NC(=O)c3ccccc3Cl)n(CCOC)c12. The minimum Gasteiger partial charge on any atom is -0.492 e. The molecule has 2 aromatic carbocycles. The van der Waals surface area contributed by atoms with Crippen LogP contribution < -0.4 is 9.54 Å². The topological polar surface area (TPSA) is 52.8 Å². The van der Waals surface area contributed by atoms with Crippen LogP contribution in [0.25, 0.3) is 10.2 Å². The van der Waals surface area contributed by atoms with Crippen LogP contribution in [0, 0.1) is 0 Å². The highest BCUT2D eigenvalue weighted by atomic mass is 35.5. The third kappa shape index (κ3) is 3.82. The highest BCUT2D eigenvalue weighted by Crippen LogP contribution is 2.27. The number of thiazole rings is 1. The zero-order valence-corrected chi connectivity index (χ0v) is 16.1. The van der Waals surface area contributed by atoms with Gasteiger partial charge in [-0.05, 0) is 31.2 Å². The summed E-state index contributed by atoms with van der Waals surface area (Å²) in [4.78, 5) is 17.5. The molecule has 3 rings (SSSR count). The number of amides is 1. The Labute approximate surface area is 160 Å². The number of hydrogen-bond donors (Lipinski definition) is 0. The van der Waals surface area contributed by atoms with E-state index in [2.05, 4.69) is 4.99 Å². The van der Waals surface area contributed by atoms with Gasteiger partial charge in [-0.2, -0.15) is 4.99 Å². The molecule has 0 aliphatic heterocycles. The molecule has 0 atom stereocenters. The number of aromatic nitrogens is 1. The average molecular weight is 391 g/mol. The van der Waals surface area contributed by atoms with Crippen molar-refractivity contribution in [2.24, 2.45) is 4.99 Å². The molecule has 0 aliphatic carbocycles. The molecule has 0 aliphatic rings. The van der Waals surface area contributed by atoms with Crippen LogP contribution in [0.4, 0.5) is 0 Å². The van der Waals surface area contributed by atoms with Gasteiger partial charge in [-0.1, -0.05) is 41.1 Å². The van der Waals surface area contributed by atoms with Crippen LogP contribution in [0.1, 0.15) is 17.3 Å². The first-order valence-electron chi connectivity index (χ1n) is 8.23.